The molecule has 0 saturated carbocycles. The van der Waals surface area contributed by atoms with Gasteiger partial charge in [0, 0.05) is 0 Å². The Morgan fingerprint density at radius 1 is 1.25 bits per heavy atom. The van der Waals surface area contributed by atoms with Gasteiger partial charge in [-0.25, -0.2) is 14.2 Å². The number of aliphatic hydroxyl groups is 1. The zero-order chi connectivity index (χ0) is 23.0. The maximum atomic E-state index is 13.6. The van der Waals surface area contributed by atoms with Gasteiger partial charge in [-0.15, -0.1) is 11.3 Å². The summed E-state index contributed by atoms with van der Waals surface area (Å²) in [7, 11) is 0. The number of aromatic nitrogens is 1. The van der Waals surface area contributed by atoms with Crippen LogP contribution in [0.2, 0.25) is 0 Å². The van der Waals surface area contributed by atoms with Crippen LogP contribution in [0.1, 0.15) is 43.6 Å². The Hall–Kier alpha value is -3.37. The summed E-state index contributed by atoms with van der Waals surface area (Å²) < 4.78 is 18.6. The molecular formula is C22H17FN2O5S2. The third-order valence-electron chi connectivity index (χ3n) is 4.84. The van der Waals surface area contributed by atoms with Gasteiger partial charge in [-0.05, 0) is 43.0 Å². The molecule has 3 heterocycles. The van der Waals surface area contributed by atoms with Crippen molar-refractivity contribution in [1.29, 1.82) is 0 Å². The van der Waals surface area contributed by atoms with Gasteiger partial charge in [0.15, 0.2) is 10.9 Å². The van der Waals surface area contributed by atoms with Crippen molar-refractivity contribution in [1.82, 2.24) is 4.98 Å². The SMILES string of the molecule is CCOC(=O)c1sc(N2C(=O)C(O)=C(C(=O)c3cccs3)[C@H]2c2ccc(F)cc2)nc1C. The van der Waals surface area contributed by atoms with E-state index in [1.165, 1.54) is 35.6 Å². The van der Waals surface area contributed by atoms with E-state index in [0.717, 1.165) is 16.2 Å². The van der Waals surface area contributed by atoms with Crippen LogP contribution in [-0.4, -0.2) is 34.4 Å². The van der Waals surface area contributed by atoms with E-state index in [0.29, 0.717) is 16.1 Å². The highest BCUT2D eigenvalue weighted by Crippen LogP contribution is 2.44. The van der Waals surface area contributed by atoms with Gasteiger partial charge < -0.3 is 9.84 Å². The van der Waals surface area contributed by atoms with Crippen molar-refractivity contribution in [2.24, 2.45) is 0 Å². The molecule has 7 nitrogen and oxygen atoms in total. The lowest BCUT2D eigenvalue weighted by Crippen LogP contribution is -2.31. The van der Waals surface area contributed by atoms with Crippen LogP contribution in [-0.2, 0) is 9.53 Å². The number of hydrogen-bond donors (Lipinski definition) is 1. The summed E-state index contributed by atoms with van der Waals surface area (Å²) in [5, 5.41) is 12.5. The minimum atomic E-state index is -1.04. The number of esters is 1. The molecule has 32 heavy (non-hydrogen) atoms. The molecule has 2 aromatic heterocycles. The quantitative estimate of drug-likeness (QED) is 0.416. The van der Waals surface area contributed by atoms with Crippen molar-refractivity contribution in [2.45, 2.75) is 19.9 Å². The summed E-state index contributed by atoms with van der Waals surface area (Å²) >= 11 is 2.10. The Morgan fingerprint density at radius 3 is 2.59 bits per heavy atom. The van der Waals surface area contributed by atoms with Crippen LogP contribution in [0.15, 0.2) is 53.1 Å². The molecule has 10 heteroatoms. The summed E-state index contributed by atoms with van der Waals surface area (Å²) in [4.78, 5) is 44.6. The number of Topliss-reactive ketones (excluding diaryl/α,β-unsaturated/α-hetero) is 1. The van der Waals surface area contributed by atoms with E-state index < -0.39 is 35.3 Å². The molecule has 1 atom stereocenters. The van der Waals surface area contributed by atoms with Crippen LogP contribution in [0.5, 0.6) is 0 Å². The summed E-state index contributed by atoms with van der Waals surface area (Å²) in [5.74, 6) is -3.11. The van der Waals surface area contributed by atoms with E-state index >= 15 is 0 Å². The maximum absolute atomic E-state index is 13.6. The molecule has 0 aliphatic carbocycles. The normalized spacial score (nSPS) is 16.0. The third-order valence-corrected chi connectivity index (χ3v) is 6.84. The van der Waals surface area contributed by atoms with E-state index in [4.69, 9.17) is 4.74 Å². The summed E-state index contributed by atoms with van der Waals surface area (Å²) in [6.07, 6.45) is 0. The smallest absolute Gasteiger partial charge is 0.350 e. The van der Waals surface area contributed by atoms with Crippen molar-refractivity contribution >= 4 is 45.5 Å². The van der Waals surface area contributed by atoms with Gasteiger partial charge in [0.1, 0.15) is 10.7 Å². The number of benzene rings is 1. The molecular weight excluding hydrogens is 455 g/mol. The first-order valence-corrected chi connectivity index (χ1v) is 11.3. The number of thiophene rings is 1. The van der Waals surface area contributed by atoms with Gasteiger partial charge in [-0.2, -0.15) is 0 Å². The second-order valence-corrected chi connectivity index (χ2v) is 8.75. The van der Waals surface area contributed by atoms with Crippen LogP contribution in [0, 0.1) is 12.7 Å². The number of carbonyl (C=O) groups is 3. The van der Waals surface area contributed by atoms with E-state index in [1.807, 2.05) is 0 Å². The number of ketones is 1. The van der Waals surface area contributed by atoms with E-state index in [-0.39, 0.29) is 22.2 Å². The molecule has 0 fully saturated rings. The Bertz CT molecular complexity index is 1230. The number of aliphatic hydroxyl groups excluding tert-OH is 1. The summed E-state index contributed by atoms with van der Waals surface area (Å²) in [5.41, 5.74) is 0.635. The number of anilines is 1. The number of thiazole rings is 1. The number of nitrogens with zero attached hydrogens (tertiary/aromatic N) is 2. The monoisotopic (exact) mass is 472 g/mol. The second kappa shape index (κ2) is 8.64. The minimum absolute atomic E-state index is 0.116. The highest BCUT2D eigenvalue weighted by atomic mass is 32.1. The summed E-state index contributed by atoms with van der Waals surface area (Å²) in [6.45, 7) is 3.45. The number of hydrogen-bond acceptors (Lipinski definition) is 8. The molecule has 1 aliphatic rings. The van der Waals surface area contributed by atoms with E-state index in [9.17, 15) is 23.9 Å². The number of carbonyl (C=O) groups excluding carboxylic acids is 3. The van der Waals surface area contributed by atoms with Crippen LogP contribution < -0.4 is 4.90 Å². The molecule has 1 N–H and O–H groups in total. The molecule has 1 amide bonds. The minimum Gasteiger partial charge on any atom is -0.503 e. The molecule has 0 radical (unpaired) electrons. The van der Waals surface area contributed by atoms with Crippen molar-refractivity contribution in [2.75, 3.05) is 11.5 Å². The average Bonchev–Trinajstić information content (AvgIpc) is 3.48. The first-order chi connectivity index (χ1) is 15.3. The third kappa shape index (κ3) is 3.71. The standard InChI is InChI=1S/C22H17FN2O5S2/c1-3-30-21(29)19-11(2)24-22(32-19)25-16(12-6-8-13(23)9-7-12)15(18(27)20(25)28)17(26)14-5-4-10-31-14/h4-10,16,27H,3H2,1-2H3/t16-/m1/s1. The first-order valence-electron chi connectivity index (χ1n) is 9.58. The number of rotatable bonds is 6. The lowest BCUT2D eigenvalue weighted by atomic mass is 9.95. The fourth-order valence-corrected chi connectivity index (χ4v) is 5.07. The molecule has 1 aliphatic heterocycles. The van der Waals surface area contributed by atoms with Gasteiger partial charge in [0.2, 0.25) is 5.78 Å². The van der Waals surface area contributed by atoms with Gasteiger partial charge in [-0.1, -0.05) is 29.5 Å². The van der Waals surface area contributed by atoms with Crippen LogP contribution >= 0.6 is 22.7 Å². The Balaban J connectivity index is 1.84. The topological polar surface area (TPSA) is 96.8 Å². The second-order valence-electron chi connectivity index (χ2n) is 6.83. The molecule has 0 saturated heterocycles. The first kappa shape index (κ1) is 21.8. The van der Waals surface area contributed by atoms with Crippen LogP contribution in [0.3, 0.4) is 0 Å². The molecule has 1 aromatic carbocycles. The van der Waals surface area contributed by atoms with Gasteiger partial charge in [0.25, 0.3) is 5.91 Å². The predicted molar refractivity (Wildman–Crippen MR) is 118 cm³/mol. The number of amides is 1. The van der Waals surface area contributed by atoms with Crippen LogP contribution in [0.4, 0.5) is 9.52 Å². The molecule has 0 spiro atoms. The highest BCUT2D eigenvalue weighted by Gasteiger charge is 2.46. The number of aryl methyl sites for hydroxylation is 1. The molecule has 3 aromatic rings. The molecule has 4 rings (SSSR count). The van der Waals surface area contributed by atoms with Crippen molar-refractivity contribution < 1.29 is 28.6 Å². The fourth-order valence-electron chi connectivity index (χ4n) is 3.41. The highest BCUT2D eigenvalue weighted by molar-refractivity contribution is 7.17. The predicted octanol–water partition coefficient (Wildman–Crippen LogP) is 4.61. The zero-order valence-corrected chi connectivity index (χ0v) is 18.6. The maximum Gasteiger partial charge on any atom is 0.350 e. The van der Waals surface area contributed by atoms with Gasteiger partial charge in [-0.3, -0.25) is 14.5 Å². The Kier molecular flexibility index (Phi) is 5.90. The number of ether oxygens (including phenoxy) is 1. The molecule has 164 valence electrons. The van der Waals surface area contributed by atoms with Crippen molar-refractivity contribution in [3.05, 3.63) is 79.9 Å². The molecule has 0 bridgehead atoms. The fraction of sp³-hybridized carbons (Fsp3) is 0.182. The van der Waals surface area contributed by atoms with E-state index in [1.54, 1.807) is 31.4 Å². The lowest BCUT2D eigenvalue weighted by Gasteiger charge is -2.24. The number of halogens is 1. The lowest BCUT2D eigenvalue weighted by molar-refractivity contribution is -0.117. The van der Waals surface area contributed by atoms with Gasteiger partial charge >= 0.3 is 5.97 Å². The zero-order valence-electron chi connectivity index (χ0n) is 17.0. The van der Waals surface area contributed by atoms with Crippen molar-refractivity contribution in [3.8, 4) is 0 Å². The Labute approximate surface area is 190 Å². The van der Waals surface area contributed by atoms with E-state index in [2.05, 4.69) is 4.98 Å². The average molecular weight is 473 g/mol. The van der Waals surface area contributed by atoms with Crippen molar-refractivity contribution in [3.63, 3.8) is 0 Å². The largest absolute Gasteiger partial charge is 0.503 e. The summed E-state index contributed by atoms with van der Waals surface area (Å²) in [6, 6.07) is 7.52. The Morgan fingerprint density at radius 2 is 1.97 bits per heavy atom. The molecule has 0 unspecified atom stereocenters. The van der Waals surface area contributed by atoms with Crippen LogP contribution in [0.25, 0.3) is 0 Å². The van der Waals surface area contributed by atoms with Gasteiger partial charge in [0.05, 0.1) is 28.8 Å².